The Kier molecular flexibility index (Phi) is 4.90. The Balaban J connectivity index is 2.08. The smallest absolute Gasteiger partial charge is 0.336 e. The molecule has 0 spiro atoms. The monoisotopic (exact) mass is 275 g/mol. The molecule has 0 atom stereocenters. The third-order valence-electron chi connectivity index (χ3n) is 2.76. The molecule has 1 aromatic heterocycles. The van der Waals surface area contributed by atoms with Crippen LogP contribution in [0.3, 0.4) is 0 Å². The number of rotatable bonds is 7. The number of carbonyl (C=O) groups is 1. The summed E-state index contributed by atoms with van der Waals surface area (Å²) in [6.07, 6.45) is 0.978. The molecule has 0 saturated heterocycles. The van der Waals surface area contributed by atoms with Gasteiger partial charge >= 0.3 is 5.97 Å². The molecular weight excluding hydrogens is 258 g/mol. The number of aromatic nitrogens is 1. The molecule has 2 aromatic rings. The van der Waals surface area contributed by atoms with Gasteiger partial charge in [0.1, 0.15) is 6.61 Å². The van der Waals surface area contributed by atoms with E-state index in [9.17, 15) is 4.79 Å². The molecule has 0 bridgehead atoms. The van der Waals surface area contributed by atoms with Gasteiger partial charge in [-0.25, -0.2) is 9.78 Å². The van der Waals surface area contributed by atoms with Crippen molar-refractivity contribution in [3.05, 3.63) is 35.9 Å². The van der Waals surface area contributed by atoms with Crippen molar-refractivity contribution in [2.75, 3.05) is 19.8 Å². The van der Waals surface area contributed by atoms with Crippen molar-refractivity contribution in [2.45, 2.75) is 13.3 Å². The van der Waals surface area contributed by atoms with E-state index in [0.717, 1.165) is 13.0 Å². The van der Waals surface area contributed by atoms with Crippen molar-refractivity contribution < 1.29 is 19.4 Å². The molecule has 2 rings (SSSR count). The van der Waals surface area contributed by atoms with Crippen molar-refractivity contribution in [3.63, 3.8) is 0 Å². The molecule has 5 nitrogen and oxygen atoms in total. The van der Waals surface area contributed by atoms with Gasteiger partial charge in [0, 0.05) is 18.1 Å². The van der Waals surface area contributed by atoms with Crippen LogP contribution in [0.1, 0.15) is 23.7 Å². The fourth-order valence-corrected chi connectivity index (χ4v) is 1.85. The third-order valence-corrected chi connectivity index (χ3v) is 2.76. The van der Waals surface area contributed by atoms with E-state index >= 15 is 0 Å². The number of nitrogens with zero attached hydrogens (tertiary/aromatic N) is 1. The van der Waals surface area contributed by atoms with Crippen LogP contribution in [0, 0.1) is 0 Å². The highest BCUT2D eigenvalue weighted by Gasteiger charge is 2.09. The molecule has 0 aliphatic carbocycles. The summed E-state index contributed by atoms with van der Waals surface area (Å²) in [6.45, 7) is 3.71. The van der Waals surface area contributed by atoms with Gasteiger partial charge in [-0.15, -0.1) is 0 Å². The van der Waals surface area contributed by atoms with Crippen LogP contribution < -0.4 is 4.74 Å². The molecule has 5 heteroatoms. The first-order chi connectivity index (χ1) is 9.72. The summed E-state index contributed by atoms with van der Waals surface area (Å²) in [6, 6.07) is 8.39. The Labute approximate surface area is 117 Å². The molecule has 20 heavy (non-hydrogen) atoms. The fourth-order valence-electron chi connectivity index (χ4n) is 1.85. The molecule has 1 aromatic carbocycles. The summed E-state index contributed by atoms with van der Waals surface area (Å²) in [4.78, 5) is 15.4. The van der Waals surface area contributed by atoms with Crippen molar-refractivity contribution >= 4 is 16.9 Å². The molecule has 0 unspecified atom stereocenters. The predicted molar refractivity (Wildman–Crippen MR) is 75.3 cm³/mol. The van der Waals surface area contributed by atoms with E-state index in [1.165, 1.54) is 0 Å². The largest absolute Gasteiger partial charge is 0.478 e. The second-order valence-electron chi connectivity index (χ2n) is 4.29. The Morgan fingerprint density at radius 3 is 2.80 bits per heavy atom. The number of hydrogen-bond acceptors (Lipinski definition) is 4. The Bertz CT molecular complexity index is 597. The third kappa shape index (κ3) is 3.45. The molecule has 0 fully saturated rings. The van der Waals surface area contributed by atoms with Crippen molar-refractivity contribution in [2.24, 2.45) is 0 Å². The fraction of sp³-hybridized carbons (Fsp3) is 0.333. The highest BCUT2D eigenvalue weighted by Crippen LogP contribution is 2.20. The van der Waals surface area contributed by atoms with Crippen LogP contribution in [0.25, 0.3) is 10.9 Å². The number of hydrogen-bond donors (Lipinski definition) is 1. The normalized spacial score (nSPS) is 10.7. The molecule has 0 amide bonds. The summed E-state index contributed by atoms with van der Waals surface area (Å²) >= 11 is 0. The molecular formula is C15H17NO4. The first-order valence-electron chi connectivity index (χ1n) is 6.56. The van der Waals surface area contributed by atoms with E-state index in [-0.39, 0.29) is 5.56 Å². The lowest BCUT2D eigenvalue weighted by Gasteiger charge is -2.07. The number of fused-ring (bicyclic) bond motifs is 1. The van der Waals surface area contributed by atoms with Gasteiger partial charge in [0.15, 0.2) is 0 Å². The van der Waals surface area contributed by atoms with Crippen LogP contribution in [-0.2, 0) is 4.74 Å². The molecule has 0 aliphatic heterocycles. The van der Waals surface area contributed by atoms with E-state index < -0.39 is 5.97 Å². The first-order valence-corrected chi connectivity index (χ1v) is 6.56. The topological polar surface area (TPSA) is 68.7 Å². The van der Waals surface area contributed by atoms with Gasteiger partial charge < -0.3 is 14.6 Å². The van der Waals surface area contributed by atoms with Gasteiger partial charge in [-0.3, -0.25) is 0 Å². The van der Waals surface area contributed by atoms with Crippen molar-refractivity contribution in [1.29, 1.82) is 0 Å². The van der Waals surface area contributed by atoms with Crippen molar-refractivity contribution in [1.82, 2.24) is 4.98 Å². The minimum Gasteiger partial charge on any atom is -0.478 e. The average molecular weight is 275 g/mol. The summed E-state index contributed by atoms with van der Waals surface area (Å²) in [7, 11) is 0. The lowest BCUT2D eigenvalue weighted by Crippen LogP contribution is -2.08. The zero-order chi connectivity index (χ0) is 14.4. The van der Waals surface area contributed by atoms with E-state index in [4.69, 9.17) is 14.6 Å². The van der Waals surface area contributed by atoms with Gasteiger partial charge in [-0.05, 0) is 24.6 Å². The maximum atomic E-state index is 11.1. The number of benzene rings is 1. The van der Waals surface area contributed by atoms with Gasteiger partial charge in [0.05, 0.1) is 17.7 Å². The van der Waals surface area contributed by atoms with Gasteiger partial charge in [-0.2, -0.15) is 0 Å². The van der Waals surface area contributed by atoms with E-state index in [2.05, 4.69) is 4.98 Å². The van der Waals surface area contributed by atoms with Gasteiger partial charge in [0.2, 0.25) is 5.88 Å². The van der Waals surface area contributed by atoms with Crippen LogP contribution in [0.15, 0.2) is 30.3 Å². The Morgan fingerprint density at radius 2 is 2.05 bits per heavy atom. The molecule has 106 valence electrons. The molecule has 1 heterocycles. The van der Waals surface area contributed by atoms with Crippen LogP contribution in [0.4, 0.5) is 0 Å². The number of aromatic carboxylic acids is 1. The quantitative estimate of drug-likeness (QED) is 0.787. The number of ether oxygens (including phenoxy) is 2. The first kappa shape index (κ1) is 14.3. The zero-order valence-electron chi connectivity index (χ0n) is 11.3. The second-order valence-corrected chi connectivity index (χ2v) is 4.29. The SMILES string of the molecule is CCCOCCOc1ccc2c(C(=O)O)cccc2n1. The molecule has 0 saturated carbocycles. The summed E-state index contributed by atoms with van der Waals surface area (Å²) < 4.78 is 10.8. The standard InChI is InChI=1S/C15H17NO4/c1-2-8-19-9-10-20-14-7-6-11-12(15(17)18)4-3-5-13(11)16-14/h3-7H,2,8-10H2,1H3,(H,17,18). The summed E-state index contributed by atoms with van der Waals surface area (Å²) in [5, 5.41) is 9.71. The lowest BCUT2D eigenvalue weighted by molar-refractivity contribution is 0.0699. The maximum absolute atomic E-state index is 11.1. The van der Waals surface area contributed by atoms with Crippen LogP contribution >= 0.6 is 0 Å². The maximum Gasteiger partial charge on any atom is 0.336 e. The number of carboxylic acid groups (broad SMARTS) is 1. The second kappa shape index (κ2) is 6.86. The minimum atomic E-state index is -0.959. The van der Waals surface area contributed by atoms with Crippen LogP contribution in [0.2, 0.25) is 0 Å². The minimum absolute atomic E-state index is 0.243. The molecule has 0 radical (unpaired) electrons. The van der Waals surface area contributed by atoms with Crippen LogP contribution in [-0.4, -0.2) is 35.9 Å². The zero-order valence-corrected chi connectivity index (χ0v) is 11.3. The van der Waals surface area contributed by atoms with E-state index in [0.29, 0.717) is 30.0 Å². The van der Waals surface area contributed by atoms with Crippen molar-refractivity contribution in [3.8, 4) is 5.88 Å². The van der Waals surface area contributed by atoms with Gasteiger partial charge in [0.25, 0.3) is 0 Å². The highest BCUT2D eigenvalue weighted by atomic mass is 16.5. The molecule has 0 aliphatic rings. The van der Waals surface area contributed by atoms with E-state index in [1.54, 1.807) is 30.3 Å². The number of carboxylic acids is 1. The average Bonchev–Trinajstić information content (AvgIpc) is 2.46. The predicted octanol–water partition coefficient (Wildman–Crippen LogP) is 2.74. The Morgan fingerprint density at radius 1 is 1.20 bits per heavy atom. The molecule has 1 N–H and O–H groups in total. The Hall–Kier alpha value is -2.14. The highest BCUT2D eigenvalue weighted by molar-refractivity contribution is 6.02. The van der Waals surface area contributed by atoms with Gasteiger partial charge in [-0.1, -0.05) is 13.0 Å². The summed E-state index contributed by atoms with van der Waals surface area (Å²) in [5.74, 6) is -0.487. The van der Waals surface area contributed by atoms with E-state index in [1.807, 2.05) is 6.92 Å². The lowest BCUT2D eigenvalue weighted by atomic mass is 10.1. The summed E-state index contributed by atoms with van der Waals surface area (Å²) in [5.41, 5.74) is 0.852. The number of pyridine rings is 1. The van der Waals surface area contributed by atoms with Crippen LogP contribution in [0.5, 0.6) is 5.88 Å².